The fourth-order valence-corrected chi connectivity index (χ4v) is 3.69. The van der Waals surface area contributed by atoms with E-state index in [0.29, 0.717) is 18.5 Å². The normalized spacial score (nSPS) is 15.6. The minimum Gasteiger partial charge on any atom is -0.494 e. The minimum absolute atomic E-state index is 0.0296. The number of benzene rings is 1. The number of nitro groups is 1. The molecule has 150 valence electrons. The van der Waals surface area contributed by atoms with Crippen molar-refractivity contribution in [3.63, 3.8) is 0 Å². The quantitative estimate of drug-likeness (QED) is 0.177. The lowest BCUT2D eigenvalue weighted by molar-refractivity contribution is -0.384. The summed E-state index contributed by atoms with van der Waals surface area (Å²) in [5, 5.41) is 25.3. The van der Waals surface area contributed by atoms with E-state index in [2.05, 4.69) is 19.8 Å². The highest BCUT2D eigenvalue weighted by atomic mass is 16.6. The van der Waals surface area contributed by atoms with Crippen LogP contribution in [0.15, 0.2) is 29.4 Å². The van der Waals surface area contributed by atoms with Crippen LogP contribution in [0.4, 0.5) is 5.69 Å². The van der Waals surface area contributed by atoms with Crippen molar-refractivity contribution in [3.8, 4) is 5.88 Å². The van der Waals surface area contributed by atoms with E-state index in [4.69, 9.17) is 5.53 Å². The van der Waals surface area contributed by atoms with Gasteiger partial charge in [-0.2, -0.15) is 0 Å². The number of aryl methyl sites for hydroxylation is 1. The van der Waals surface area contributed by atoms with E-state index >= 15 is 0 Å². The fourth-order valence-electron chi connectivity index (χ4n) is 3.69. The molecule has 0 amide bonds. The molecular weight excluding hydrogens is 362 g/mol. The first-order valence-corrected chi connectivity index (χ1v) is 9.50. The van der Waals surface area contributed by atoms with Gasteiger partial charge < -0.3 is 19.5 Å². The van der Waals surface area contributed by atoms with Crippen molar-refractivity contribution in [1.82, 2.24) is 14.4 Å². The van der Waals surface area contributed by atoms with Crippen LogP contribution in [-0.2, 0) is 6.54 Å². The van der Waals surface area contributed by atoms with Gasteiger partial charge in [-0.1, -0.05) is 5.11 Å². The molecule has 2 aromatic rings. The molecule has 1 aliphatic heterocycles. The third-order valence-corrected chi connectivity index (χ3v) is 5.19. The zero-order valence-corrected chi connectivity index (χ0v) is 15.8. The monoisotopic (exact) mass is 387 g/mol. The summed E-state index contributed by atoms with van der Waals surface area (Å²) >= 11 is 0. The Bertz CT molecular complexity index is 867. The molecule has 0 spiro atoms. The summed E-state index contributed by atoms with van der Waals surface area (Å²) < 4.78 is 1.81. The Morgan fingerprint density at radius 3 is 2.43 bits per heavy atom. The zero-order chi connectivity index (χ0) is 19.9. The van der Waals surface area contributed by atoms with Crippen LogP contribution in [0.2, 0.25) is 0 Å². The van der Waals surface area contributed by atoms with Gasteiger partial charge in [0.25, 0.3) is 5.69 Å². The summed E-state index contributed by atoms with van der Waals surface area (Å²) in [5.74, 6) is 0.139. The molecule has 1 N–H and O–H groups in total. The minimum atomic E-state index is -0.426. The Morgan fingerprint density at radius 2 is 1.79 bits per heavy atom. The summed E-state index contributed by atoms with van der Waals surface area (Å²) in [6, 6.07) is 6.24. The molecule has 1 aromatic heterocycles. The summed E-state index contributed by atoms with van der Waals surface area (Å²) in [5.41, 5.74) is 9.13. The molecule has 0 saturated carbocycles. The number of hydrogen-bond donors (Lipinski definition) is 1. The lowest BCUT2D eigenvalue weighted by atomic mass is 10.2. The molecule has 0 aliphatic carbocycles. The van der Waals surface area contributed by atoms with Crippen molar-refractivity contribution in [2.24, 2.45) is 5.11 Å². The Balaban J connectivity index is 1.46. The van der Waals surface area contributed by atoms with Crippen molar-refractivity contribution < 1.29 is 10.0 Å². The molecular formula is C18H25N7O3. The van der Waals surface area contributed by atoms with Gasteiger partial charge in [0.1, 0.15) is 0 Å². The lowest BCUT2D eigenvalue weighted by Gasteiger charge is -2.34. The van der Waals surface area contributed by atoms with Crippen molar-refractivity contribution in [2.45, 2.75) is 19.4 Å². The van der Waals surface area contributed by atoms with E-state index in [-0.39, 0.29) is 11.6 Å². The second-order valence-corrected chi connectivity index (χ2v) is 7.00. The van der Waals surface area contributed by atoms with E-state index in [1.807, 2.05) is 4.57 Å². The summed E-state index contributed by atoms with van der Waals surface area (Å²) in [6.45, 7) is 7.15. The molecule has 3 rings (SSSR count). The molecule has 1 fully saturated rings. The first-order valence-electron chi connectivity index (χ1n) is 9.50. The molecule has 10 nitrogen and oxygen atoms in total. The predicted octanol–water partition coefficient (Wildman–Crippen LogP) is 2.96. The van der Waals surface area contributed by atoms with E-state index < -0.39 is 4.92 Å². The topological polar surface area (TPSA) is 124 Å². The van der Waals surface area contributed by atoms with Gasteiger partial charge in [-0.3, -0.25) is 10.1 Å². The molecule has 0 bridgehead atoms. The average Bonchev–Trinajstić information content (AvgIpc) is 3.01. The van der Waals surface area contributed by atoms with Crippen LogP contribution in [0.1, 0.15) is 12.8 Å². The number of aromatic hydroxyl groups is 1. The molecule has 0 atom stereocenters. The predicted molar refractivity (Wildman–Crippen MR) is 106 cm³/mol. The third-order valence-electron chi connectivity index (χ3n) is 5.19. The highest BCUT2D eigenvalue weighted by Crippen LogP contribution is 2.28. The summed E-state index contributed by atoms with van der Waals surface area (Å²) in [6.07, 6.45) is 1.79. The fraction of sp³-hybridized carbons (Fsp3) is 0.556. The zero-order valence-electron chi connectivity index (χ0n) is 15.8. The van der Waals surface area contributed by atoms with Gasteiger partial charge in [0.15, 0.2) is 5.88 Å². The molecule has 10 heteroatoms. The number of rotatable bonds is 9. The van der Waals surface area contributed by atoms with Gasteiger partial charge in [0.2, 0.25) is 0 Å². The Morgan fingerprint density at radius 1 is 1.11 bits per heavy atom. The van der Waals surface area contributed by atoms with Gasteiger partial charge in [-0.15, -0.1) is 0 Å². The van der Waals surface area contributed by atoms with Crippen molar-refractivity contribution in [1.29, 1.82) is 0 Å². The van der Waals surface area contributed by atoms with Crippen LogP contribution < -0.4 is 0 Å². The average molecular weight is 387 g/mol. The highest BCUT2D eigenvalue weighted by Gasteiger charge is 2.17. The largest absolute Gasteiger partial charge is 0.494 e. The van der Waals surface area contributed by atoms with Gasteiger partial charge in [-0.25, -0.2) is 0 Å². The standard InChI is InChI=1S/C18H25N7O3/c19-21-20-5-1-6-22-9-11-23(12-10-22)7-2-8-24-17-4-3-16(25(27)28)13-15(17)14-18(24)26/h3-4,13-14,26H,1-2,5-12H2. The van der Waals surface area contributed by atoms with Crippen LogP contribution in [0.25, 0.3) is 21.3 Å². The Hall–Kier alpha value is -2.81. The maximum atomic E-state index is 10.9. The number of nitro benzene ring substituents is 1. The van der Waals surface area contributed by atoms with Gasteiger partial charge in [0, 0.05) is 67.8 Å². The molecule has 0 radical (unpaired) electrons. The maximum absolute atomic E-state index is 10.9. The van der Waals surface area contributed by atoms with E-state index in [1.165, 1.54) is 12.1 Å². The van der Waals surface area contributed by atoms with E-state index in [9.17, 15) is 15.2 Å². The molecule has 1 aromatic carbocycles. The first-order chi connectivity index (χ1) is 13.6. The number of fused-ring (bicyclic) bond motifs is 1. The summed E-state index contributed by atoms with van der Waals surface area (Å²) in [4.78, 5) is 18.1. The molecule has 2 heterocycles. The van der Waals surface area contributed by atoms with Crippen molar-refractivity contribution >= 4 is 16.6 Å². The first kappa shape index (κ1) is 19.9. The summed E-state index contributed by atoms with van der Waals surface area (Å²) in [7, 11) is 0. The van der Waals surface area contributed by atoms with Crippen LogP contribution in [0.3, 0.4) is 0 Å². The van der Waals surface area contributed by atoms with Gasteiger partial charge in [0.05, 0.1) is 10.4 Å². The Labute approximate surface area is 162 Å². The second kappa shape index (κ2) is 9.41. The number of nitrogens with zero attached hydrogens (tertiary/aromatic N) is 7. The number of aromatic nitrogens is 1. The van der Waals surface area contributed by atoms with Crippen LogP contribution >= 0.6 is 0 Å². The Kier molecular flexibility index (Phi) is 6.70. The molecule has 28 heavy (non-hydrogen) atoms. The van der Waals surface area contributed by atoms with Gasteiger partial charge >= 0.3 is 0 Å². The van der Waals surface area contributed by atoms with Gasteiger partial charge in [-0.05, 0) is 37.5 Å². The maximum Gasteiger partial charge on any atom is 0.270 e. The van der Waals surface area contributed by atoms with Crippen LogP contribution in [-0.4, -0.2) is 70.2 Å². The highest BCUT2D eigenvalue weighted by molar-refractivity contribution is 5.84. The lowest BCUT2D eigenvalue weighted by Crippen LogP contribution is -2.46. The van der Waals surface area contributed by atoms with E-state index in [0.717, 1.165) is 57.6 Å². The SMILES string of the molecule is [N-]=[N+]=NCCCN1CCN(CCCn2c(O)cc3cc([N+](=O)[O-])ccc32)CC1. The number of non-ortho nitro benzene ring substituents is 1. The molecule has 0 unspecified atom stereocenters. The number of piperazine rings is 1. The molecule has 1 saturated heterocycles. The smallest absolute Gasteiger partial charge is 0.270 e. The molecule has 1 aliphatic rings. The third kappa shape index (κ3) is 4.92. The van der Waals surface area contributed by atoms with Crippen LogP contribution in [0, 0.1) is 10.1 Å². The van der Waals surface area contributed by atoms with E-state index in [1.54, 1.807) is 12.1 Å². The van der Waals surface area contributed by atoms with Crippen LogP contribution in [0.5, 0.6) is 5.88 Å². The van der Waals surface area contributed by atoms with Crippen molar-refractivity contribution in [2.75, 3.05) is 45.8 Å². The second-order valence-electron chi connectivity index (χ2n) is 7.00. The number of hydrogen-bond acceptors (Lipinski definition) is 6. The van der Waals surface area contributed by atoms with Crippen molar-refractivity contribution in [3.05, 3.63) is 44.8 Å². The number of azide groups is 1.